The summed E-state index contributed by atoms with van der Waals surface area (Å²) >= 11 is 0. The zero-order valence-corrected chi connectivity index (χ0v) is 9.42. The van der Waals surface area contributed by atoms with Gasteiger partial charge in [0.2, 0.25) is 0 Å². The standard InChI is InChI=1S/C13H9F4N/c1-18(9-3-4-10(15)11(16)7-9)13-5-2-8(14)6-12(13)17/h2-7H,1H3. The Balaban J connectivity index is 2.41. The largest absolute Gasteiger partial charge is 0.342 e. The van der Waals surface area contributed by atoms with E-state index in [1.807, 2.05) is 0 Å². The molecule has 0 aliphatic carbocycles. The number of hydrogen-bond donors (Lipinski definition) is 0. The Kier molecular flexibility index (Phi) is 3.23. The van der Waals surface area contributed by atoms with Crippen LogP contribution in [0.2, 0.25) is 0 Å². The Morgan fingerprint density at radius 3 is 2.11 bits per heavy atom. The molecule has 1 nitrogen and oxygen atoms in total. The maximum Gasteiger partial charge on any atom is 0.160 e. The molecule has 0 N–H and O–H groups in total. The van der Waals surface area contributed by atoms with Crippen LogP contribution in [0.25, 0.3) is 0 Å². The highest BCUT2D eigenvalue weighted by molar-refractivity contribution is 5.62. The second-order valence-electron chi connectivity index (χ2n) is 3.75. The van der Waals surface area contributed by atoms with E-state index in [4.69, 9.17) is 0 Å². The van der Waals surface area contributed by atoms with Crippen molar-refractivity contribution in [2.75, 3.05) is 11.9 Å². The van der Waals surface area contributed by atoms with Gasteiger partial charge < -0.3 is 4.90 Å². The number of halogens is 4. The lowest BCUT2D eigenvalue weighted by molar-refractivity contribution is 0.508. The van der Waals surface area contributed by atoms with E-state index < -0.39 is 23.3 Å². The Bertz CT molecular complexity index is 583. The molecule has 0 aliphatic rings. The summed E-state index contributed by atoms with van der Waals surface area (Å²) in [5.41, 5.74) is 0.335. The molecular weight excluding hydrogens is 246 g/mol. The van der Waals surface area contributed by atoms with Gasteiger partial charge in [0.15, 0.2) is 11.6 Å². The van der Waals surface area contributed by atoms with Crippen LogP contribution in [0.5, 0.6) is 0 Å². The van der Waals surface area contributed by atoms with Crippen molar-refractivity contribution in [2.45, 2.75) is 0 Å². The third-order valence-corrected chi connectivity index (χ3v) is 2.56. The van der Waals surface area contributed by atoms with E-state index in [2.05, 4.69) is 0 Å². The van der Waals surface area contributed by atoms with Gasteiger partial charge in [0.05, 0.1) is 5.69 Å². The Morgan fingerprint density at radius 2 is 1.50 bits per heavy atom. The zero-order chi connectivity index (χ0) is 13.3. The topological polar surface area (TPSA) is 3.24 Å². The van der Waals surface area contributed by atoms with Crippen molar-refractivity contribution in [3.8, 4) is 0 Å². The van der Waals surface area contributed by atoms with Crippen LogP contribution in [0.15, 0.2) is 36.4 Å². The molecule has 0 radical (unpaired) electrons. The van der Waals surface area contributed by atoms with E-state index in [1.165, 1.54) is 24.1 Å². The van der Waals surface area contributed by atoms with Crippen molar-refractivity contribution in [2.24, 2.45) is 0 Å². The van der Waals surface area contributed by atoms with Gasteiger partial charge in [0.25, 0.3) is 0 Å². The number of anilines is 2. The second kappa shape index (κ2) is 4.68. The van der Waals surface area contributed by atoms with E-state index in [0.29, 0.717) is 0 Å². The van der Waals surface area contributed by atoms with E-state index in [0.717, 1.165) is 24.3 Å². The minimum atomic E-state index is -1.03. The van der Waals surface area contributed by atoms with E-state index in [9.17, 15) is 17.6 Å². The SMILES string of the molecule is CN(c1ccc(F)c(F)c1)c1ccc(F)cc1F. The Morgan fingerprint density at radius 1 is 0.778 bits per heavy atom. The summed E-state index contributed by atoms with van der Waals surface area (Å²) in [4.78, 5) is 1.30. The molecule has 2 aromatic carbocycles. The highest BCUT2D eigenvalue weighted by Crippen LogP contribution is 2.27. The van der Waals surface area contributed by atoms with Gasteiger partial charge in [-0.2, -0.15) is 0 Å². The lowest BCUT2D eigenvalue weighted by Crippen LogP contribution is -2.11. The minimum absolute atomic E-state index is 0.0717. The van der Waals surface area contributed by atoms with E-state index >= 15 is 0 Å². The lowest BCUT2D eigenvalue weighted by Gasteiger charge is -2.20. The van der Waals surface area contributed by atoms with Crippen molar-refractivity contribution >= 4 is 11.4 Å². The van der Waals surface area contributed by atoms with Crippen LogP contribution in [0.4, 0.5) is 28.9 Å². The first-order valence-electron chi connectivity index (χ1n) is 5.13. The molecule has 0 aliphatic heterocycles. The molecule has 0 bridgehead atoms. The highest BCUT2D eigenvalue weighted by Gasteiger charge is 2.12. The maximum atomic E-state index is 13.5. The van der Waals surface area contributed by atoms with Crippen LogP contribution in [0, 0.1) is 23.3 Å². The summed E-state index contributed by atoms with van der Waals surface area (Å²) in [7, 11) is 1.48. The monoisotopic (exact) mass is 255 g/mol. The van der Waals surface area contributed by atoms with Crippen molar-refractivity contribution in [3.05, 3.63) is 59.7 Å². The molecule has 18 heavy (non-hydrogen) atoms. The third-order valence-electron chi connectivity index (χ3n) is 2.56. The molecule has 0 atom stereocenters. The lowest BCUT2D eigenvalue weighted by atomic mass is 10.2. The maximum absolute atomic E-state index is 13.5. The summed E-state index contributed by atoms with van der Waals surface area (Å²) < 4.78 is 52.1. The average molecular weight is 255 g/mol. The van der Waals surface area contributed by atoms with Gasteiger partial charge in [-0.15, -0.1) is 0 Å². The Labute approximate surface area is 101 Å². The van der Waals surface area contributed by atoms with E-state index in [1.54, 1.807) is 0 Å². The number of nitrogens with zero attached hydrogens (tertiary/aromatic N) is 1. The predicted molar refractivity (Wildman–Crippen MR) is 60.8 cm³/mol. The van der Waals surface area contributed by atoms with Crippen LogP contribution < -0.4 is 4.90 Å². The molecule has 0 fully saturated rings. The fraction of sp³-hybridized carbons (Fsp3) is 0.0769. The van der Waals surface area contributed by atoms with Crippen LogP contribution >= 0.6 is 0 Å². The molecule has 0 unspecified atom stereocenters. The molecule has 0 heterocycles. The molecular formula is C13H9F4N. The quantitative estimate of drug-likeness (QED) is 0.733. The van der Waals surface area contributed by atoms with Crippen LogP contribution in [-0.4, -0.2) is 7.05 Å². The molecule has 2 rings (SSSR count). The van der Waals surface area contributed by atoms with Gasteiger partial charge in [0.1, 0.15) is 11.6 Å². The molecule has 94 valence electrons. The summed E-state index contributed by atoms with van der Waals surface area (Å²) in [6.45, 7) is 0. The van der Waals surface area contributed by atoms with Crippen LogP contribution in [0.1, 0.15) is 0 Å². The number of benzene rings is 2. The highest BCUT2D eigenvalue weighted by atomic mass is 19.2. The molecule has 0 saturated carbocycles. The molecule has 0 spiro atoms. The molecule has 0 amide bonds. The van der Waals surface area contributed by atoms with Crippen LogP contribution in [0.3, 0.4) is 0 Å². The minimum Gasteiger partial charge on any atom is -0.342 e. The molecule has 5 heteroatoms. The summed E-state index contributed by atoms with van der Waals surface area (Å²) in [5.74, 6) is -3.48. The number of hydrogen-bond acceptors (Lipinski definition) is 1. The van der Waals surface area contributed by atoms with Crippen LogP contribution in [-0.2, 0) is 0 Å². The van der Waals surface area contributed by atoms with Gasteiger partial charge in [-0.3, -0.25) is 0 Å². The average Bonchev–Trinajstić information content (AvgIpc) is 2.32. The van der Waals surface area contributed by atoms with Crippen molar-refractivity contribution in [1.82, 2.24) is 0 Å². The first kappa shape index (κ1) is 12.4. The summed E-state index contributed by atoms with van der Waals surface area (Å²) in [6, 6.07) is 6.24. The van der Waals surface area contributed by atoms with Crippen molar-refractivity contribution in [1.29, 1.82) is 0 Å². The normalized spacial score (nSPS) is 10.5. The van der Waals surface area contributed by atoms with Crippen molar-refractivity contribution < 1.29 is 17.6 Å². The third kappa shape index (κ3) is 2.30. The Hall–Kier alpha value is -2.04. The smallest absolute Gasteiger partial charge is 0.160 e. The van der Waals surface area contributed by atoms with Crippen molar-refractivity contribution in [3.63, 3.8) is 0 Å². The molecule has 0 aromatic heterocycles. The zero-order valence-electron chi connectivity index (χ0n) is 9.42. The molecule has 0 saturated heterocycles. The van der Waals surface area contributed by atoms with Gasteiger partial charge in [-0.25, -0.2) is 17.6 Å². The van der Waals surface area contributed by atoms with E-state index in [-0.39, 0.29) is 11.4 Å². The first-order chi connectivity index (χ1) is 8.49. The predicted octanol–water partition coefficient (Wildman–Crippen LogP) is 4.01. The molecule has 2 aromatic rings. The summed E-state index contributed by atoms with van der Waals surface area (Å²) in [5, 5.41) is 0. The summed E-state index contributed by atoms with van der Waals surface area (Å²) in [6.07, 6.45) is 0. The fourth-order valence-corrected chi connectivity index (χ4v) is 1.59. The fourth-order valence-electron chi connectivity index (χ4n) is 1.59. The number of rotatable bonds is 2. The first-order valence-corrected chi connectivity index (χ1v) is 5.13. The van der Waals surface area contributed by atoms with Gasteiger partial charge in [-0.1, -0.05) is 0 Å². The van der Waals surface area contributed by atoms with Gasteiger partial charge in [-0.05, 0) is 24.3 Å². The van der Waals surface area contributed by atoms with Gasteiger partial charge in [0, 0.05) is 24.9 Å². The second-order valence-corrected chi connectivity index (χ2v) is 3.75. The van der Waals surface area contributed by atoms with Gasteiger partial charge >= 0.3 is 0 Å².